The van der Waals surface area contributed by atoms with Crippen LogP contribution in [0.1, 0.15) is 33.2 Å². The molecule has 0 aliphatic carbocycles. The zero-order valence-electron chi connectivity index (χ0n) is 16.5. The third kappa shape index (κ3) is 5.27. The molecule has 9 heteroatoms. The molecule has 2 aromatic rings. The summed E-state index contributed by atoms with van der Waals surface area (Å²) in [7, 11) is -0.835. The fourth-order valence-corrected chi connectivity index (χ4v) is 3.25. The Balaban J connectivity index is 2.12. The van der Waals surface area contributed by atoms with E-state index in [2.05, 4.69) is 5.32 Å². The van der Waals surface area contributed by atoms with Gasteiger partial charge < -0.3 is 10.1 Å². The molecule has 1 N–H and O–H groups in total. The second kappa shape index (κ2) is 8.97. The first-order valence-corrected chi connectivity index (χ1v) is 10.1. The average Bonchev–Trinajstić information content (AvgIpc) is 2.69. The average molecular weight is 418 g/mol. The van der Waals surface area contributed by atoms with Gasteiger partial charge in [-0.15, -0.1) is 0 Å². The van der Waals surface area contributed by atoms with E-state index in [1.807, 2.05) is 0 Å². The number of carbonyl (C=O) groups is 3. The Hall–Kier alpha value is -3.04. The van der Waals surface area contributed by atoms with E-state index >= 15 is 0 Å². The highest BCUT2D eigenvalue weighted by Crippen LogP contribution is 2.22. The first-order chi connectivity index (χ1) is 13.6. The largest absolute Gasteiger partial charge is 0.449 e. The van der Waals surface area contributed by atoms with Crippen LogP contribution in [0, 0.1) is 6.92 Å². The van der Waals surface area contributed by atoms with Crippen LogP contribution in [0.5, 0.6) is 0 Å². The number of esters is 1. The Bertz CT molecular complexity index is 1030. The molecule has 0 fully saturated rings. The van der Waals surface area contributed by atoms with Gasteiger partial charge in [0.05, 0.1) is 10.5 Å². The minimum absolute atomic E-state index is 0.0308. The van der Waals surface area contributed by atoms with Crippen molar-refractivity contribution in [3.63, 3.8) is 0 Å². The van der Waals surface area contributed by atoms with Crippen LogP contribution in [-0.4, -0.2) is 51.1 Å². The van der Waals surface area contributed by atoms with Gasteiger partial charge in [-0.3, -0.25) is 9.59 Å². The van der Waals surface area contributed by atoms with Crippen molar-refractivity contribution in [3.8, 4) is 0 Å². The number of amides is 1. The maximum atomic E-state index is 12.4. The molecule has 2 rings (SSSR count). The summed E-state index contributed by atoms with van der Waals surface area (Å²) in [5, 5.41) is 2.59. The Morgan fingerprint density at radius 2 is 1.72 bits per heavy atom. The van der Waals surface area contributed by atoms with Gasteiger partial charge >= 0.3 is 5.97 Å². The number of aryl methyl sites for hydroxylation is 1. The van der Waals surface area contributed by atoms with Crippen LogP contribution in [0.3, 0.4) is 0 Å². The summed E-state index contributed by atoms with van der Waals surface area (Å²) in [5.41, 5.74) is 1.57. The van der Waals surface area contributed by atoms with E-state index in [-0.39, 0.29) is 10.5 Å². The second-order valence-electron chi connectivity index (χ2n) is 6.54. The predicted molar refractivity (Wildman–Crippen MR) is 107 cm³/mol. The Kier molecular flexibility index (Phi) is 6.89. The quantitative estimate of drug-likeness (QED) is 0.545. The molecule has 154 valence electrons. The molecule has 0 heterocycles. The molecule has 2 aromatic carbocycles. The molecule has 29 heavy (non-hydrogen) atoms. The lowest BCUT2D eigenvalue weighted by Gasteiger charge is -2.17. The highest BCUT2D eigenvalue weighted by molar-refractivity contribution is 7.89. The monoisotopic (exact) mass is 418 g/mol. The Morgan fingerprint density at radius 3 is 2.28 bits per heavy atom. The number of benzene rings is 2. The summed E-state index contributed by atoms with van der Waals surface area (Å²) in [6, 6.07) is 10.2. The summed E-state index contributed by atoms with van der Waals surface area (Å²) in [5.74, 6) is -1.32. The van der Waals surface area contributed by atoms with Gasteiger partial charge in [0, 0.05) is 25.3 Å². The molecule has 0 saturated heterocycles. The smallest absolute Gasteiger partial charge is 0.338 e. The molecule has 0 saturated carbocycles. The topological polar surface area (TPSA) is 110 Å². The van der Waals surface area contributed by atoms with Crippen molar-refractivity contribution in [2.75, 3.05) is 19.4 Å². The van der Waals surface area contributed by atoms with Crippen molar-refractivity contribution in [2.24, 2.45) is 0 Å². The number of hydrogen-bond donors (Lipinski definition) is 1. The van der Waals surface area contributed by atoms with Crippen molar-refractivity contribution in [2.45, 2.75) is 24.8 Å². The van der Waals surface area contributed by atoms with E-state index in [1.165, 1.54) is 57.4 Å². The van der Waals surface area contributed by atoms with E-state index in [0.29, 0.717) is 23.1 Å². The zero-order valence-corrected chi connectivity index (χ0v) is 17.3. The molecule has 1 amide bonds. The van der Waals surface area contributed by atoms with Gasteiger partial charge in [0.15, 0.2) is 6.10 Å². The van der Waals surface area contributed by atoms with E-state index in [1.54, 1.807) is 13.0 Å². The van der Waals surface area contributed by atoms with Gasteiger partial charge in [-0.1, -0.05) is 18.2 Å². The minimum atomic E-state index is -3.66. The van der Waals surface area contributed by atoms with Crippen molar-refractivity contribution < 1.29 is 27.5 Å². The van der Waals surface area contributed by atoms with Gasteiger partial charge in [0.25, 0.3) is 5.91 Å². The highest BCUT2D eigenvalue weighted by atomic mass is 32.2. The summed E-state index contributed by atoms with van der Waals surface area (Å²) in [6.07, 6.45) is -0.472. The van der Waals surface area contributed by atoms with Crippen molar-refractivity contribution in [1.82, 2.24) is 4.31 Å². The summed E-state index contributed by atoms with van der Waals surface area (Å²) in [6.45, 7) is 3.12. The number of nitrogens with zero attached hydrogens (tertiary/aromatic N) is 1. The maximum absolute atomic E-state index is 12.4. The zero-order chi connectivity index (χ0) is 21.8. The van der Waals surface area contributed by atoms with Crippen LogP contribution in [0.2, 0.25) is 0 Å². The lowest BCUT2D eigenvalue weighted by atomic mass is 10.1. The minimum Gasteiger partial charge on any atom is -0.449 e. The second-order valence-corrected chi connectivity index (χ2v) is 8.69. The van der Waals surface area contributed by atoms with E-state index in [4.69, 9.17) is 4.74 Å². The van der Waals surface area contributed by atoms with E-state index < -0.39 is 28.0 Å². The van der Waals surface area contributed by atoms with Gasteiger partial charge in [0.1, 0.15) is 6.29 Å². The number of ether oxygens (including phenoxy) is 1. The number of hydrogen-bond acceptors (Lipinski definition) is 6. The first kappa shape index (κ1) is 22.3. The van der Waals surface area contributed by atoms with E-state index in [0.717, 1.165) is 4.31 Å². The number of nitrogens with one attached hydrogen (secondary N) is 1. The van der Waals surface area contributed by atoms with Crippen LogP contribution in [0.15, 0.2) is 47.4 Å². The SMILES string of the molecule is Cc1ccc(S(=O)(=O)N(C)C)cc1NC(=O)[C@@H](C)OC(=O)c1ccc(C=O)cc1. The predicted octanol–water partition coefficient (Wildman–Crippen LogP) is 2.24. The summed E-state index contributed by atoms with van der Waals surface area (Å²) < 4.78 is 30.8. The van der Waals surface area contributed by atoms with Gasteiger partial charge in [-0.05, 0) is 43.7 Å². The molecule has 0 unspecified atom stereocenters. The molecular formula is C20H22N2O6S. The fraction of sp³-hybridized carbons (Fsp3) is 0.250. The first-order valence-electron chi connectivity index (χ1n) is 8.66. The third-order valence-electron chi connectivity index (χ3n) is 4.18. The molecule has 1 atom stereocenters. The third-order valence-corrected chi connectivity index (χ3v) is 5.99. The molecule has 0 radical (unpaired) electrons. The van der Waals surface area contributed by atoms with Crippen LogP contribution in [0.4, 0.5) is 5.69 Å². The molecule has 0 aliphatic heterocycles. The standard InChI is InChI=1S/C20H22N2O6S/c1-13-5-10-17(29(26,27)22(3)4)11-18(13)21-19(24)14(2)28-20(25)16-8-6-15(12-23)7-9-16/h5-12,14H,1-4H3,(H,21,24)/t14-/m1/s1. The van der Waals surface area contributed by atoms with Crippen LogP contribution in [0.25, 0.3) is 0 Å². The number of aldehydes is 1. The highest BCUT2D eigenvalue weighted by Gasteiger charge is 2.22. The lowest BCUT2D eigenvalue weighted by Crippen LogP contribution is -2.30. The van der Waals surface area contributed by atoms with Gasteiger partial charge in [-0.2, -0.15) is 0 Å². The molecule has 8 nitrogen and oxygen atoms in total. The number of carbonyl (C=O) groups excluding carboxylic acids is 3. The molecule has 0 bridgehead atoms. The number of anilines is 1. The van der Waals surface area contributed by atoms with Crippen LogP contribution in [-0.2, 0) is 19.6 Å². The summed E-state index contributed by atoms with van der Waals surface area (Å²) in [4.78, 5) is 35.3. The Labute approximate surface area is 169 Å². The number of rotatable bonds is 7. The number of sulfonamides is 1. The summed E-state index contributed by atoms with van der Waals surface area (Å²) >= 11 is 0. The Morgan fingerprint density at radius 1 is 1.10 bits per heavy atom. The molecule has 0 aliphatic rings. The van der Waals surface area contributed by atoms with E-state index in [9.17, 15) is 22.8 Å². The van der Waals surface area contributed by atoms with Crippen LogP contribution < -0.4 is 5.32 Å². The van der Waals surface area contributed by atoms with Crippen molar-refractivity contribution >= 4 is 33.9 Å². The van der Waals surface area contributed by atoms with Crippen molar-refractivity contribution in [1.29, 1.82) is 0 Å². The molecule has 0 aromatic heterocycles. The normalized spacial score (nSPS) is 12.3. The van der Waals surface area contributed by atoms with Crippen LogP contribution >= 0.6 is 0 Å². The van der Waals surface area contributed by atoms with Gasteiger partial charge in [0.2, 0.25) is 10.0 Å². The van der Waals surface area contributed by atoms with Crippen molar-refractivity contribution in [3.05, 3.63) is 59.2 Å². The van der Waals surface area contributed by atoms with Gasteiger partial charge in [-0.25, -0.2) is 17.5 Å². The lowest BCUT2D eigenvalue weighted by molar-refractivity contribution is -0.123. The fourth-order valence-electron chi connectivity index (χ4n) is 2.32. The maximum Gasteiger partial charge on any atom is 0.338 e. The molecule has 0 spiro atoms. The molecular weight excluding hydrogens is 396 g/mol.